The lowest BCUT2D eigenvalue weighted by atomic mass is 10.3. The summed E-state index contributed by atoms with van der Waals surface area (Å²) in [6, 6.07) is 3.95. The molecule has 0 bridgehead atoms. The summed E-state index contributed by atoms with van der Waals surface area (Å²) in [5.74, 6) is -1.02. The van der Waals surface area contributed by atoms with Gasteiger partial charge in [-0.05, 0) is 12.1 Å². The van der Waals surface area contributed by atoms with Gasteiger partial charge in [-0.3, -0.25) is 9.78 Å². The van der Waals surface area contributed by atoms with Gasteiger partial charge in [0, 0.05) is 13.1 Å². The summed E-state index contributed by atoms with van der Waals surface area (Å²) in [7, 11) is -5.91. The topological polar surface area (TPSA) is 82.6 Å². The van der Waals surface area contributed by atoms with Crippen molar-refractivity contribution in [3.8, 4) is 0 Å². The van der Waals surface area contributed by atoms with Crippen molar-refractivity contribution in [2.24, 2.45) is 0 Å². The zero-order valence-electron chi connectivity index (χ0n) is 9.42. The number of halogens is 3. The Morgan fingerprint density at radius 1 is 1.37 bits per heavy atom. The Bertz CT molecular complexity index is 543. The quantitative estimate of drug-likeness (QED) is 0.363. The van der Waals surface area contributed by atoms with Gasteiger partial charge in [0.1, 0.15) is 5.69 Å². The summed E-state index contributed by atoms with van der Waals surface area (Å²) in [5.41, 5.74) is -5.91. The van der Waals surface area contributed by atoms with Crippen molar-refractivity contribution in [3.63, 3.8) is 0 Å². The first kappa shape index (κ1) is 15.4. The summed E-state index contributed by atoms with van der Waals surface area (Å²) >= 11 is 0. The number of alkyl halides is 3. The molecule has 10 heteroatoms. The Morgan fingerprint density at radius 3 is 2.42 bits per heavy atom. The van der Waals surface area contributed by atoms with Crippen molar-refractivity contribution in [3.05, 3.63) is 30.1 Å². The third-order valence-electron chi connectivity index (χ3n) is 1.70. The lowest BCUT2D eigenvalue weighted by molar-refractivity contribution is -0.164. The molecular formula is C9H8F3NO5S. The number of carbonyl (C=O) groups excluding carboxylic acids is 1. The molecule has 0 aliphatic carbocycles. The number of nitrogens with zero attached hydrogens (tertiary/aromatic N) is 1. The molecule has 0 N–H and O–H groups in total. The second-order valence-electron chi connectivity index (χ2n) is 3.19. The summed E-state index contributed by atoms with van der Waals surface area (Å²) in [4.78, 5) is 14.3. The van der Waals surface area contributed by atoms with Crippen LogP contribution >= 0.6 is 0 Å². The van der Waals surface area contributed by atoms with Crippen molar-refractivity contribution < 1.29 is 35.3 Å². The fraction of sp³-hybridized carbons (Fsp3) is 0.333. The molecule has 0 aliphatic rings. The SMILES string of the molecule is CC(=O)OC(OS(=O)(=O)C(F)(F)F)c1ccccn1. The third kappa shape index (κ3) is 4.17. The first-order chi connectivity index (χ1) is 8.63. The lowest BCUT2D eigenvalue weighted by Crippen LogP contribution is -2.29. The van der Waals surface area contributed by atoms with Crippen LogP contribution in [0.5, 0.6) is 0 Å². The van der Waals surface area contributed by atoms with Crippen LogP contribution in [0.15, 0.2) is 24.4 Å². The summed E-state index contributed by atoms with van der Waals surface area (Å²) in [5, 5.41) is 0. The molecule has 1 atom stereocenters. The highest BCUT2D eigenvalue weighted by Gasteiger charge is 2.49. The number of hydrogen-bond acceptors (Lipinski definition) is 6. The fourth-order valence-electron chi connectivity index (χ4n) is 0.965. The summed E-state index contributed by atoms with van der Waals surface area (Å²) in [6.45, 7) is 0.888. The highest BCUT2D eigenvalue weighted by atomic mass is 32.2. The molecule has 0 saturated heterocycles. The van der Waals surface area contributed by atoms with Gasteiger partial charge >= 0.3 is 21.6 Å². The van der Waals surface area contributed by atoms with Gasteiger partial charge in [-0.1, -0.05) is 6.07 Å². The van der Waals surface area contributed by atoms with E-state index in [1.165, 1.54) is 18.3 Å². The van der Waals surface area contributed by atoms with Gasteiger partial charge in [-0.25, -0.2) is 4.18 Å². The molecule has 0 saturated carbocycles. The number of esters is 1. The molecule has 0 amide bonds. The van der Waals surface area contributed by atoms with Crippen LogP contribution in [0.3, 0.4) is 0 Å². The first-order valence-corrected chi connectivity index (χ1v) is 6.12. The smallest absolute Gasteiger partial charge is 0.428 e. The van der Waals surface area contributed by atoms with Crippen LogP contribution in [0.2, 0.25) is 0 Å². The van der Waals surface area contributed by atoms with E-state index in [2.05, 4.69) is 13.9 Å². The number of pyridine rings is 1. The van der Waals surface area contributed by atoms with Crippen LogP contribution in [0.4, 0.5) is 13.2 Å². The van der Waals surface area contributed by atoms with Crippen molar-refractivity contribution in [2.75, 3.05) is 0 Å². The van der Waals surface area contributed by atoms with Gasteiger partial charge < -0.3 is 4.74 Å². The minimum absolute atomic E-state index is 0.287. The largest absolute Gasteiger partial charge is 0.523 e. The van der Waals surface area contributed by atoms with E-state index in [0.29, 0.717) is 0 Å². The predicted molar refractivity (Wildman–Crippen MR) is 54.8 cm³/mol. The minimum atomic E-state index is -5.91. The molecule has 0 fully saturated rings. The van der Waals surface area contributed by atoms with E-state index >= 15 is 0 Å². The Hall–Kier alpha value is -1.68. The first-order valence-electron chi connectivity index (χ1n) is 4.71. The highest BCUT2D eigenvalue weighted by molar-refractivity contribution is 7.87. The average molecular weight is 299 g/mol. The van der Waals surface area contributed by atoms with Crippen LogP contribution in [-0.4, -0.2) is 24.9 Å². The van der Waals surface area contributed by atoms with Gasteiger partial charge in [0.2, 0.25) is 0 Å². The molecule has 106 valence electrons. The molecule has 0 radical (unpaired) electrons. The van der Waals surface area contributed by atoms with Crippen molar-refractivity contribution in [2.45, 2.75) is 18.7 Å². The van der Waals surface area contributed by atoms with E-state index in [9.17, 15) is 26.4 Å². The standard InChI is InChI=1S/C9H8F3NO5S/c1-6(14)17-8(7-4-2-3-5-13-7)18-19(15,16)9(10,11)12/h2-5,8H,1H3. The lowest BCUT2D eigenvalue weighted by Gasteiger charge is -2.17. The molecule has 0 spiro atoms. The van der Waals surface area contributed by atoms with Gasteiger partial charge in [-0.15, -0.1) is 0 Å². The van der Waals surface area contributed by atoms with Crippen LogP contribution in [0.1, 0.15) is 18.9 Å². The monoisotopic (exact) mass is 299 g/mol. The van der Waals surface area contributed by atoms with Crippen LogP contribution in [0, 0.1) is 0 Å². The summed E-state index contributed by atoms with van der Waals surface area (Å²) in [6.07, 6.45) is -0.916. The average Bonchev–Trinajstić information content (AvgIpc) is 2.27. The summed E-state index contributed by atoms with van der Waals surface area (Å²) < 4.78 is 66.4. The number of ether oxygens (including phenoxy) is 1. The molecule has 0 aliphatic heterocycles. The van der Waals surface area contributed by atoms with E-state index < -0.39 is 27.9 Å². The molecule has 0 aromatic carbocycles. The van der Waals surface area contributed by atoms with Gasteiger partial charge in [0.05, 0.1) is 0 Å². The maximum Gasteiger partial charge on any atom is 0.523 e. The zero-order chi connectivity index (χ0) is 14.7. The molecule has 1 heterocycles. The Balaban J connectivity index is 3.04. The van der Waals surface area contributed by atoms with E-state index in [0.717, 1.165) is 13.0 Å². The van der Waals surface area contributed by atoms with E-state index in [1.807, 2.05) is 0 Å². The van der Waals surface area contributed by atoms with Crippen molar-refractivity contribution >= 4 is 16.1 Å². The fourth-order valence-corrected chi connectivity index (χ4v) is 1.44. The van der Waals surface area contributed by atoms with Crippen molar-refractivity contribution in [1.82, 2.24) is 4.98 Å². The van der Waals surface area contributed by atoms with E-state index in [1.54, 1.807) is 0 Å². The molecule has 1 unspecified atom stereocenters. The minimum Gasteiger partial charge on any atom is -0.428 e. The zero-order valence-corrected chi connectivity index (χ0v) is 10.2. The second kappa shape index (κ2) is 5.53. The normalized spacial score (nSPS) is 13.9. The van der Waals surface area contributed by atoms with E-state index in [-0.39, 0.29) is 5.69 Å². The Labute approximate surface area is 106 Å². The van der Waals surface area contributed by atoms with Gasteiger partial charge in [0.15, 0.2) is 0 Å². The van der Waals surface area contributed by atoms with Crippen LogP contribution in [0.25, 0.3) is 0 Å². The van der Waals surface area contributed by atoms with Gasteiger partial charge in [0.25, 0.3) is 6.29 Å². The van der Waals surface area contributed by atoms with E-state index in [4.69, 9.17) is 0 Å². The molecule has 6 nitrogen and oxygen atoms in total. The molecule has 19 heavy (non-hydrogen) atoms. The number of hydrogen-bond donors (Lipinski definition) is 0. The third-order valence-corrected chi connectivity index (χ3v) is 2.69. The second-order valence-corrected chi connectivity index (χ2v) is 4.76. The maximum absolute atomic E-state index is 12.2. The molecule has 1 rings (SSSR count). The Morgan fingerprint density at radius 2 is 2.00 bits per heavy atom. The Kier molecular flexibility index (Phi) is 4.48. The number of aromatic nitrogens is 1. The molecule has 1 aromatic rings. The van der Waals surface area contributed by atoms with Crippen LogP contribution in [-0.2, 0) is 23.8 Å². The molecule has 1 aromatic heterocycles. The number of rotatable bonds is 4. The maximum atomic E-state index is 12.2. The highest BCUT2D eigenvalue weighted by Crippen LogP contribution is 2.30. The van der Waals surface area contributed by atoms with Crippen LogP contribution < -0.4 is 0 Å². The van der Waals surface area contributed by atoms with Crippen molar-refractivity contribution in [1.29, 1.82) is 0 Å². The van der Waals surface area contributed by atoms with Gasteiger partial charge in [-0.2, -0.15) is 21.6 Å². The predicted octanol–water partition coefficient (Wildman–Crippen LogP) is 1.51. The molecular weight excluding hydrogens is 291 g/mol. The number of carbonyl (C=O) groups is 1.